The van der Waals surface area contributed by atoms with Gasteiger partial charge in [-0.1, -0.05) is 39.0 Å². The van der Waals surface area contributed by atoms with E-state index in [0.29, 0.717) is 18.8 Å². The molecule has 0 aliphatic carbocycles. The van der Waals surface area contributed by atoms with Gasteiger partial charge < -0.3 is 4.90 Å². The Labute approximate surface area is 140 Å². The van der Waals surface area contributed by atoms with Gasteiger partial charge in [0, 0.05) is 13.1 Å². The molecule has 0 heterocycles. The van der Waals surface area contributed by atoms with E-state index in [-0.39, 0.29) is 17.9 Å². The quantitative estimate of drug-likeness (QED) is 0.800. The molecule has 0 aromatic heterocycles. The molecule has 0 fully saturated rings. The molecule has 1 aromatic rings. The summed E-state index contributed by atoms with van der Waals surface area (Å²) in [5.41, 5.74) is 1.25. The fraction of sp³-hybridized carbons (Fsp3) is 0.588. The Balaban J connectivity index is 3.34. The van der Waals surface area contributed by atoms with Crippen LogP contribution in [-0.2, 0) is 20.2 Å². The Morgan fingerprint density at radius 3 is 2.04 bits per heavy atom. The first-order valence-corrected chi connectivity index (χ1v) is 9.72. The number of anilines is 1. The van der Waals surface area contributed by atoms with Crippen molar-refractivity contribution in [2.45, 2.75) is 40.0 Å². The van der Waals surface area contributed by atoms with Crippen LogP contribution in [0.25, 0.3) is 0 Å². The number of benzene rings is 1. The second kappa shape index (κ2) is 7.34. The summed E-state index contributed by atoms with van der Waals surface area (Å²) in [6.07, 6.45) is 1.14. The van der Waals surface area contributed by atoms with Gasteiger partial charge in [-0.05, 0) is 30.9 Å². The minimum atomic E-state index is -3.56. The van der Waals surface area contributed by atoms with Gasteiger partial charge in [0.1, 0.15) is 6.54 Å². The fourth-order valence-electron chi connectivity index (χ4n) is 2.51. The van der Waals surface area contributed by atoms with E-state index in [9.17, 15) is 13.2 Å². The Morgan fingerprint density at radius 1 is 1.09 bits per heavy atom. The minimum absolute atomic E-state index is 0.173. The topological polar surface area (TPSA) is 57.7 Å². The van der Waals surface area contributed by atoms with Gasteiger partial charge in [-0.25, -0.2) is 8.42 Å². The summed E-state index contributed by atoms with van der Waals surface area (Å²) in [7, 11) is -3.56. The van der Waals surface area contributed by atoms with Crippen LogP contribution in [0.15, 0.2) is 24.3 Å². The molecule has 0 atom stereocenters. The van der Waals surface area contributed by atoms with Crippen LogP contribution in [0.1, 0.15) is 40.2 Å². The highest BCUT2D eigenvalue weighted by Gasteiger charge is 2.28. The number of para-hydroxylation sites is 1. The highest BCUT2D eigenvalue weighted by atomic mass is 32.2. The number of hydrogen-bond donors (Lipinski definition) is 0. The van der Waals surface area contributed by atoms with Crippen LogP contribution in [0, 0.1) is 0 Å². The molecule has 0 aliphatic rings. The third-order valence-corrected chi connectivity index (χ3v) is 4.90. The maximum Gasteiger partial charge on any atom is 0.243 e. The average Bonchev–Trinajstić information content (AvgIpc) is 2.44. The molecule has 0 N–H and O–H groups in total. The van der Waals surface area contributed by atoms with Crippen LogP contribution >= 0.6 is 0 Å². The second-order valence-corrected chi connectivity index (χ2v) is 8.51. The van der Waals surface area contributed by atoms with Crippen LogP contribution in [-0.4, -0.2) is 45.1 Å². The van der Waals surface area contributed by atoms with Crippen molar-refractivity contribution in [1.82, 2.24) is 4.90 Å². The van der Waals surface area contributed by atoms with E-state index in [1.165, 1.54) is 4.31 Å². The minimum Gasteiger partial charge on any atom is -0.342 e. The first-order valence-electron chi connectivity index (χ1n) is 7.87. The first kappa shape index (κ1) is 19.5. The van der Waals surface area contributed by atoms with Gasteiger partial charge in [0.2, 0.25) is 15.9 Å². The number of nitrogens with zero attached hydrogens (tertiary/aromatic N) is 2. The van der Waals surface area contributed by atoms with Crippen LogP contribution in [0.5, 0.6) is 0 Å². The van der Waals surface area contributed by atoms with Crippen molar-refractivity contribution in [2.24, 2.45) is 0 Å². The van der Waals surface area contributed by atoms with E-state index in [4.69, 9.17) is 0 Å². The molecule has 23 heavy (non-hydrogen) atoms. The molecule has 0 bridgehead atoms. The lowest BCUT2D eigenvalue weighted by molar-refractivity contribution is -0.129. The number of hydrogen-bond acceptors (Lipinski definition) is 3. The van der Waals surface area contributed by atoms with Crippen molar-refractivity contribution in [3.63, 3.8) is 0 Å². The van der Waals surface area contributed by atoms with Crippen molar-refractivity contribution in [3.05, 3.63) is 29.8 Å². The third kappa shape index (κ3) is 4.96. The standard InChI is InChI=1S/C17H28N2O3S/c1-7-18(8-2)16(20)13-19(23(6,21)22)15-12-10-9-11-14(15)17(3,4)5/h9-12H,7-8,13H2,1-6H3. The van der Waals surface area contributed by atoms with Crippen molar-refractivity contribution in [1.29, 1.82) is 0 Å². The smallest absolute Gasteiger partial charge is 0.243 e. The Hall–Kier alpha value is -1.56. The molecular formula is C17H28N2O3S. The predicted octanol–water partition coefficient (Wildman–Crippen LogP) is 2.62. The number of rotatable bonds is 6. The zero-order valence-corrected chi connectivity index (χ0v) is 15.8. The van der Waals surface area contributed by atoms with E-state index >= 15 is 0 Å². The normalized spacial score (nSPS) is 12.1. The van der Waals surface area contributed by atoms with Crippen molar-refractivity contribution < 1.29 is 13.2 Å². The Bertz CT molecular complexity index is 644. The van der Waals surface area contributed by atoms with Gasteiger partial charge >= 0.3 is 0 Å². The fourth-order valence-corrected chi connectivity index (χ4v) is 3.37. The Kier molecular flexibility index (Phi) is 6.22. The lowest BCUT2D eigenvalue weighted by atomic mass is 9.86. The van der Waals surface area contributed by atoms with Gasteiger partial charge in [-0.15, -0.1) is 0 Å². The maximum absolute atomic E-state index is 12.4. The van der Waals surface area contributed by atoms with E-state index < -0.39 is 10.0 Å². The number of carbonyl (C=O) groups is 1. The zero-order chi connectivity index (χ0) is 17.8. The molecule has 130 valence electrons. The number of carbonyl (C=O) groups excluding carboxylic acids is 1. The lowest BCUT2D eigenvalue weighted by Gasteiger charge is -2.31. The summed E-state index contributed by atoms with van der Waals surface area (Å²) in [5, 5.41) is 0. The molecular weight excluding hydrogens is 312 g/mol. The van der Waals surface area contributed by atoms with Crippen molar-refractivity contribution in [3.8, 4) is 0 Å². The van der Waals surface area contributed by atoms with E-state index in [0.717, 1.165) is 11.8 Å². The SMILES string of the molecule is CCN(CC)C(=O)CN(c1ccccc1C(C)(C)C)S(C)(=O)=O. The van der Waals surface area contributed by atoms with Crippen molar-refractivity contribution in [2.75, 3.05) is 30.2 Å². The predicted molar refractivity (Wildman–Crippen MR) is 95.3 cm³/mol. The number of likely N-dealkylation sites (N-methyl/N-ethyl adjacent to an activating group) is 1. The van der Waals surface area contributed by atoms with Gasteiger partial charge in [-0.3, -0.25) is 9.10 Å². The summed E-state index contributed by atoms with van der Waals surface area (Å²) in [6, 6.07) is 7.36. The molecule has 0 aliphatic heterocycles. The number of amides is 1. The summed E-state index contributed by atoms with van der Waals surface area (Å²) in [6.45, 7) is 10.8. The van der Waals surface area contributed by atoms with E-state index in [2.05, 4.69) is 0 Å². The summed E-state index contributed by atoms with van der Waals surface area (Å²) >= 11 is 0. The van der Waals surface area contributed by atoms with Crippen LogP contribution in [0.2, 0.25) is 0 Å². The molecule has 6 heteroatoms. The highest BCUT2D eigenvalue weighted by molar-refractivity contribution is 7.92. The summed E-state index contributed by atoms with van der Waals surface area (Å²) < 4.78 is 25.8. The first-order chi connectivity index (χ1) is 10.5. The van der Waals surface area contributed by atoms with Gasteiger partial charge in [-0.2, -0.15) is 0 Å². The second-order valence-electron chi connectivity index (χ2n) is 6.60. The maximum atomic E-state index is 12.4. The largest absolute Gasteiger partial charge is 0.342 e. The molecule has 0 unspecified atom stereocenters. The monoisotopic (exact) mass is 340 g/mol. The Morgan fingerprint density at radius 2 is 1.61 bits per heavy atom. The van der Waals surface area contributed by atoms with Crippen LogP contribution in [0.3, 0.4) is 0 Å². The van der Waals surface area contributed by atoms with E-state index in [1.54, 1.807) is 17.0 Å². The van der Waals surface area contributed by atoms with Gasteiger partial charge in [0.05, 0.1) is 11.9 Å². The van der Waals surface area contributed by atoms with Crippen LogP contribution < -0.4 is 4.31 Å². The van der Waals surface area contributed by atoms with Gasteiger partial charge in [0.25, 0.3) is 0 Å². The molecule has 0 spiro atoms. The molecule has 1 rings (SSSR count). The number of sulfonamides is 1. The van der Waals surface area contributed by atoms with Crippen LogP contribution in [0.4, 0.5) is 5.69 Å². The highest BCUT2D eigenvalue weighted by Crippen LogP contribution is 2.32. The third-order valence-electron chi connectivity index (χ3n) is 3.78. The van der Waals surface area contributed by atoms with Gasteiger partial charge in [0.15, 0.2) is 0 Å². The molecule has 5 nitrogen and oxygen atoms in total. The summed E-state index contributed by atoms with van der Waals surface area (Å²) in [4.78, 5) is 14.1. The summed E-state index contributed by atoms with van der Waals surface area (Å²) in [5.74, 6) is -0.191. The lowest BCUT2D eigenvalue weighted by Crippen LogP contribution is -2.43. The molecule has 0 radical (unpaired) electrons. The molecule has 1 aromatic carbocycles. The zero-order valence-electron chi connectivity index (χ0n) is 15.0. The molecule has 0 saturated heterocycles. The molecule has 0 saturated carbocycles. The average molecular weight is 340 g/mol. The van der Waals surface area contributed by atoms with E-state index in [1.807, 2.05) is 46.8 Å². The van der Waals surface area contributed by atoms with Crippen molar-refractivity contribution >= 4 is 21.6 Å². The molecule has 1 amide bonds.